The molecule has 23 heavy (non-hydrogen) atoms. The van der Waals surface area contributed by atoms with Gasteiger partial charge in [0.2, 0.25) is 0 Å². The molecular weight excluding hydrogens is 307 g/mol. The maximum absolute atomic E-state index is 12.5. The lowest BCUT2D eigenvalue weighted by Gasteiger charge is -2.19. The lowest BCUT2D eigenvalue weighted by atomic mass is 9.99. The molecule has 0 radical (unpaired) electrons. The van der Waals surface area contributed by atoms with Gasteiger partial charge in [-0.2, -0.15) is 13.2 Å². The van der Waals surface area contributed by atoms with Crippen LogP contribution in [-0.4, -0.2) is 12.5 Å². The van der Waals surface area contributed by atoms with Crippen molar-refractivity contribution in [2.45, 2.75) is 19.2 Å². The second-order valence-electron chi connectivity index (χ2n) is 5.27. The van der Waals surface area contributed by atoms with E-state index < -0.39 is 11.7 Å². The van der Waals surface area contributed by atoms with Crippen molar-refractivity contribution in [1.82, 2.24) is 5.32 Å². The van der Waals surface area contributed by atoms with Crippen LogP contribution in [0.25, 0.3) is 0 Å². The number of amides is 1. The van der Waals surface area contributed by atoms with Gasteiger partial charge < -0.3 is 10.1 Å². The van der Waals surface area contributed by atoms with E-state index in [1.54, 1.807) is 18.2 Å². The summed E-state index contributed by atoms with van der Waals surface area (Å²) in [6.45, 7) is 0.697. The van der Waals surface area contributed by atoms with E-state index in [4.69, 9.17) is 4.74 Å². The minimum Gasteiger partial charge on any atom is -0.489 e. The first-order valence-electron chi connectivity index (χ1n) is 7.14. The maximum atomic E-state index is 12.5. The van der Waals surface area contributed by atoms with Crippen molar-refractivity contribution < 1.29 is 22.7 Å². The second-order valence-corrected chi connectivity index (χ2v) is 5.27. The number of carbonyl (C=O) groups is 1. The largest absolute Gasteiger partial charge is 0.489 e. The van der Waals surface area contributed by atoms with Crippen LogP contribution >= 0.6 is 0 Å². The van der Waals surface area contributed by atoms with E-state index in [0.29, 0.717) is 29.8 Å². The zero-order valence-corrected chi connectivity index (χ0v) is 12.1. The van der Waals surface area contributed by atoms with Gasteiger partial charge in [0.15, 0.2) is 0 Å². The quantitative estimate of drug-likeness (QED) is 0.938. The first-order valence-corrected chi connectivity index (χ1v) is 7.14. The third-order valence-electron chi connectivity index (χ3n) is 3.71. The molecule has 1 N–H and O–H groups in total. The summed E-state index contributed by atoms with van der Waals surface area (Å²) < 4.78 is 43.3. The summed E-state index contributed by atoms with van der Waals surface area (Å²) in [5.41, 5.74) is 1.37. The Morgan fingerprint density at radius 1 is 1.09 bits per heavy atom. The van der Waals surface area contributed by atoms with E-state index in [1.165, 1.54) is 12.1 Å². The van der Waals surface area contributed by atoms with Crippen LogP contribution < -0.4 is 10.1 Å². The molecule has 0 saturated heterocycles. The molecule has 6 heteroatoms. The van der Waals surface area contributed by atoms with Gasteiger partial charge in [0.05, 0.1) is 5.56 Å². The van der Waals surface area contributed by atoms with Crippen LogP contribution in [0, 0.1) is 0 Å². The summed E-state index contributed by atoms with van der Waals surface area (Å²) in [4.78, 5) is 11.8. The molecule has 120 valence electrons. The van der Waals surface area contributed by atoms with Gasteiger partial charge in [-0.15, -0.1) is 0 Å². The first-order chi connectivity index (χ1) is 10.9. The highest BCUT2D eigenvalue weighted by Gasteiger charge is 2.29. The van der Waals surface area contributed by atoms with Gasteiger partial charge in [-0.05, 0) is 36.2 Å². The summed E-state index contributed by atoms with van der Waals surface area (Å²) in [6.07, 6.45) is -3.67. The summed E-state index contributed by atoms with van der Waals surface area (Å²) in [5.74, 6) is 0.462. The summed E-state index contributed by atoms with van der Waals surface area (Å²) in [5, 5.41) is 2.76. The van der Waals surface area contributed by atoms with Gasteiger partial charge in [-0.25, -0.2) is 0 Å². The smallest absolute Gasteiger partial charge is 0.416 e. The Morgan fingerprint density at radius 2 is 1.83 bits per heavy atom. The molecule has 0 aromatic heterocycles. The Balaban J connectivity index is 1.74. The van der Waals surface area contributed by atoms with Gasteiger partial charge in [0.1, 0.15) is 12.4 Å². The number of ether oxygens (including phenoxy) is 1. The van der Waals surface area contributed by atoms with Crippen molar-refractivity contribution in [2.75, 3.05) is 6.54 Å². The minimum atomic E-state index is -4.34. The molecule has 2 aromatic rings. The SMILES string of the molecule is O=C1NCCc2c(OCc3ccc(C(F)(F)F)cc3)cccc21. The van der Waals surface area contributed by atoms with Crippen molar-refractivity contribution in [3.63, 3.8) is 0 Å². The highest BCUT2D eigenvalue weighted by Crippen LogP contribution is 2.30. The van der Waals surface area contributed by atoms with Crippen LogP contribution in [0.1, 0.15) is 27.0 Å². The summed E-state index contributed by atoms with van der Waals surface area (Å²) >= 11 is 0. The molecule has 1 aliphatic heterocycles. The Labute approximate surface area is 131 Å². The fourth-order valence-corrected chi connectivity index (χ4v) is 2.52. The van der Waals surface area contributed by atoms with E-state index >= 15 is 0 Å². The van der Waals surface area contributed by atoms with E-state index in [-0.39, 0.29) is 12.5 Å². The van der Waals surface area contributed by atoms with Crippen molar-refractivity contribution in [3.8, 4) is 5.75 Å². The van der Waals surface area contributed by atoms with Crippen LogP contribution in [0.2, 0.25) is 0 Å². The molecule has 0 atom stereocenters. The third-order valence-corrected chi connectivity index (χ3v) is 3.71. The molecule has 3 nitrogen and oxygen atoms in total. The zero-order chi connectivity index (χ0) is 16.4. The lowest BCUT2D eigenvalue weighted by molar-refractivity contribution is -0.137. The molecule has 1 amide bonds. The van der Waals surface area contributed by atoms with Crippen LogP contribution in [0.5, 0.6) is 5.75 Å². The first kappa shape index (κ1) is 15.4. The topological polar surface area (TPSA) is 38.3 Å². The molecule has 0 bridgehead atoms. The average molecular weight is 321 g/mol. The average Bonchev–Trinajstić information content (AvgIpc) is 2.53. The Morgan fingerprint density at radius 3 is 2.52 bits per heavy atom. The van der Waals surface area contributed by atoms with Crippen molar-refractivity contribution in [1.29, 1.82) is 0 Å². The van der Waals surface area contributed by atoms with Gasteiger partial charge >= 0.3 is 6.18 Å². The second kappa shape index (κ2) is 5.95. The van der Waals surface area contributed by atoms with Gasteiger partial charge in [0, 0.05) is 17.7 Å². The normalized spacial score (nSPS) is 14.1. The van der Waals surface area contributed by atoms with Crippen LogP contribution in [-0.2, 0) is 19.2 Å². The van der Waals surface area contributed by atoms with E-state index in [0.717, 1.165) is 17.7 Å². The van der Waals surface area contributed by atoms with E-state index in [1.807, 2.05) is 0 Å². The van der Waals surface area contributed by atoms with Crippen LogP contribution in [0.15, 0.2) is 42.5 Å². The molecule has 0 spiro atoms. The van der Waals surface area contributed by atoms with E-state index in [2.05, 4.69) is 5.32 Å². The lowest BCUT2D eigenvalue weighted by Crippen LogP contribution is -2.32. The van der Waals surface area contributed by atoms with Crippen molar-refractivity contribution in [3.05, 3.63) is 64.7 Å². The molecular formula is C17H14F3NO2. The van der Waals surface area contributed by atoms with Gasteiger partial charge in [0.25, 0.3) is 5.91 Å². The molecule has 1 heterocycles. The number of rotatable bonds is 3. The molecule has 0 saturated carbocycles. The van der Waals surface area contributed by atoms with E-state index in [9.17, 15) is 18.0 Å². The molecule has 0 aliphatic carbocycles. The fraction of sp³-hybridized carbons (Fsp3) is 0.235. The molecule has 0 unspecified atom stereocenters. The number of halogens is 3. The number of carbonyl (C=O) groups excluding carboxylic acids is 1. The summed E-state index contributed by atoms with van der Waals surface area (Å²) in [6, 6.07) is 10.1. The number of benzene rings is 2. The highest BCUT2D eigenvalue weighted by atomic mass is 19.4. The molecule has 2 aromatic carbocycles. The predicted molar refractivity (Wildman–Crippen MR) is 78.3 cm³/mol. The number of nitrogens with one attached hydrogen (secondary N) is 1. The Kier molecular flexibility index (Phi) is 3.98. The summed E-state index contributed by atoms with van der Waals surface area (Å²) in [7, 11) is 0. The number of fused-ring (bicyclic) bond motifs is 1. The zero-order valence-electron chi connectivity index (χ0n) is 12.1. The van der Waals surface area contributed by atoms with Crippen molar-refractivity contribution in [2.24, 2.45) is 0 Å². The molecule has 0 fully saturated rings. The minimum absolute atomic E-state index is 0.133. The monoisotopic (exact) mass is 321 g/mol. The Hall–Kier alpha value is -2.50. The highest BCUT2D eigenvalue weighted by molar-refractivity contribution is 5.97. The van der Waals surface area contributed by atoms with Crippen LogP contribution in [0.3, 0.4) is 0 Å². The maximum Gasteiger partial charge on any atom is 0.416 e. The molecule has 1 aliphatic rings. The van der Waals surface area contributed by atoms with Crippen LogP contribution in [0.4, 0.5) is 13.2 Å². The standard InChI is InChI=1S/C17H14F3NO2/c18-17(19,20)12-6-4-11(5-7-12)10-23-15-3-1-2-14-13(15)8-9-21-16(14)22/h1-7H,8-10H2,(H,21,22). The number of hydrogen-bond donors (Lipinski definition) is 1. The third kappa shape index (κ3) is 3.31. The number of alkyl halides is 3. The van der Waals surface area contributed by atoms with Gasteiger partial charge in [-0.3, -0.25) is 4.79 Å². The van der Waals surface area contributed by atoms with Crippen molar-refractivity contribution >= 4 is 5.91 Å². The number of hydrogen-bond acceptors (Lipinski definition) is 2. The fourth-order valence-electron chi connectivity index (χ4n) is 2.52. The molecule has 3 rings (SSSR count). The predicted octanol–water partition coefficient (Wildman–Crippen LogP) is 3.57. The van der Waals surface area contributed by atoms with Gasteiger partial charge in [-0.1, -0.05) is 18.2 Å². The Bertz CT molecular complexity index is 724.